The van der Waals surface area contributed by atoms with Gasteiger partial charge in [0, 0.05) is 13.1 Å². The molecule has 0 bridgehead atoms. The van der Waals surface area contributed by atoms with Crippen molar-refractivity contribution in [3.8, 4) is 11.1 Å². The van der Waals surface area contributed by atoms with E-state index in [4.69, 9.17) is 23.2 Å². The fraction of sp³-hybridized carbons (Fsp3) is 0.250. The summed E-state index contributed by atoms with van der Waals surface area (Å²) in [4.78, 5) is 21.9. The predicted molar refractivity (Wildman–Crippen MR) is 108 cm³/mol. The molecule has 1 fully saturated rings. The molecule has 0 amide bonds. The number of rotatable bonds is 3. The molecule has 28 heavy (non-hydrogen) atoms. The van der Waals surface area contributed by atoms with E-state index in [9.17, 15) is 14.3 Å². The molecule has 1 saturated heterocycles. The Morgan fingerprint density at radius 2 is 2.00 bits per heavy atom. The molecule has 0 radical (unpaired) electrons. The number of piperidine rings is 1. The van der Waals surface area contributed by atoms with E-state index in [1.807, 2.05) is 4.90 Å². The summed E-state index contributed by atoms with van der Waals surface area (Å²) in [6.07, 6.45) is 2.65. The molecule has 8 heteroatoms. The average molecular weight is 420 g/mol. The molecule has 1 aromatic heterocycles. The minimum atomic E-state index is -0.834. The van der Waals surface area contributed by atoms with Gasteiger partial charge in [0.05, 0.1) is 21.3 Å². The number of benzene rings is 2. The lowest BCUT2D eigenvalue weighted by molar-refractivity contribution is -0.141. The van der Waals surface area contributed by atoms with Crippen molar-refractivity contribution in [1.82, 2.24) is 9.97 Å². The highest BCUT2D eigenvalue weighted by Crippen LogP contribution is 2.38. The molecular weight excluding hydrogens is 404 g/mol. The Morgan fingerprint density at radius 3 is 2.75 bits per heavy atom. The highest BCUT2D eigenvalue weighted by molar-refractivity contribution is 6.42. The van der Waals surface area contributed by atoms with Gasteiger partial charge in [-0.25, -0.2) is 14.4 Å². The molecule has 0 saturated carbocycles. The molecule has 4 rings (SSSR count). The van der Waals surface area contributed by atoms with Crippen molar-refractivity contribution in [3.63, 3.8) is 0 Å². The maximum Gasteiger partial charge on any atom is 0.308 e. The Balaban J connectivity index is 1.91. The molecule has 0 aliphatic carbocycles. The van der Waals surface area contributed by atoms with Gasteiger partial charge in [0.25, 0.3) is 0 Å². The number of fused-ring (bicyclic) bond motifs is 1. The highest BCUT2D eigenvalue weighted by Gasteiger charge is 2.28. The normalized spacial score (nSPS) is 17.1. The Kier molecular flexibility index (Phi) is 5.08. The minimum absolute atomic E-state index is 0.186. The standard InChI is InChI=1S/C20H16Cl2FN3O2/c21-14-5-3-11(8-15(14)22)13-4-6-16(23)18-17(13)19(25-10-24-18)26-7-1-2-12(9-26)20(27)28/h3-6,8,10,12H,1-2,7,9H2,(H,27,28). The van der Waals surface area contributed by atoms with E-state index in [1.54, 1.807) is 24.3 Å². The lowest BCUT2D eigenvalue weighted by Crippen LogP contribution is -2.39. The van der Waals surface area contributed by atoms with Crippen LogP contribution in [0.3, 0.4) is 0 Å². The number of aromatic nitrogens is 2. The van der Waals surface area contributed by atoms with Crippen molar-refractivity contribution in [2.45, 2.75) is 12.8 Å². The summed E-state index contributed by atoms with van der Waals surface area (Å²) >= 11 is 12.2. The maximum absolute atomic E-state index is 14.5. The zero-order chi connectivity index (χ0) is 19.8. The number of carboxylic acid groups (broad SMARTS) is 1. The largest absolute Gasteiger partial charge is 0.481 e. The predicted octanol–water partition coefficient (Wildman–Crippen LogP) is 5.04. The highest BCUT2D eigenvalue weighted by atomic mass is 35.5. The summed E-state index contributed by atoms with van der Waals surface area (Å²) in [5.74, 6) is -1.26. The van der Waals surface area contributed by atoms with Crippen LogP contribution in [0.4, 0.5) is 10.2 Å². The van der Waals surface area contributed by atoms with Gasteiger partial charge in [-0.2, -0.15) is 0 Å². The van der Waals surface area contributed by atoms with Gasteiger partial charge in [-0.1, -0.05) is 35.3 Å². The summed E-state index contributed by atoms with van der Waals surface area (Å²) in [7, 11) is 0. The lowest BCUT2D eigenvalue weighted by atomic mass is 9.96. The summed E-state index contributed by atoms with van der Waals surface area (Å²) < 4.78 is 14.5. The number of halogens is 3. The Bertz CT molecular complexity index is 1080. The fourth-order valence-electron chi connectivity index (χ4n) is 3.64. The van der Waals surface area contributed by atoms with Crippen molar-refractivity contribution in [1.29, 1.82) is 0 Å². The number of hydrogen-bond acceptors (Lipinski definition) is 4. The third-order valence-corrected chi connectivity index (χ3v) is 5.76. The van der Waals surface area contributed by atoms with Crippen LogP contribution in [0, 0.1) is 11.7 Å². The molecular formula is C20H16Cl2FN3O2. The Labute approximate surface area is 170 Å². The van der Waals surface area contributed by atoms with E-state index in [1.165, 1.54) is 12.4 Å². The van der Waals surface area contributed by atoms with Crippen LogP contribution in [-0.2, 0) is 4.79 Å². The Hall–Kier alpha value is -2.44. The average Bonchev–Trinajstić information content (AvgIpc) is 2.70. The molecule has 144 valence electrons. The summed E-state index contributed by atoms with van der Waals surface area (Å²) in [6.45, 7) is 0.964. The van der Waals surface area contributed by atoms with Gasteiger partial charge >= 0.3 is 5.97 Å². The molecule has 1 aliphatic rings. The molecule has 1 unspecified atom stereocenters. The Morgan fingerprint density at radius 1 is 1.18 bits per heavy atom. The van der Waals surface area contributed by atoms with Crippen molar-refractivity contribution >= 4 is 45.9 Å². The third kappa shape index (κ3) is 3.38. The maximum atomic E-state index is 14.5. The second-order valence-corrected chi connectivity index (χ2v) is 7.58. The van der Waals surface area contributed by atoms with Crippen LogP contribution in [0.2, 0.25) is 10.0 Å². The number of carboxylic acids is 1. The molecule has 1 aliphatic heterocycles. The van der Waals surface area contributed by atoms with Gasteiger partial charge in [0.15, 0.2) is 0 Å². The molecule has 3 aromatic rings. The lowest BCUT2D eigenvalue weighted by Gasteiger charge is -2.32. The number of aliphatic carboxylic acids is 1. The topological polar surface area (TPSA) is 66.3 Å². The SMILES string of the molecule is O=C(O)C1CCCN(c2ncnc3c(F)ccc(-c4ccc(Cl)c(Cl)c4)c23)C1. The van der Waals surface area contributed by atoms with E-state index < -0.39 is 17.7 Å². The third-order valence-electron chi connectivity index (χ3n) is 5.02. The van der Waals surface area contributed by atoms with Gasteiger partial charge in [0.2, 0.25) is 0 Å². The van der Waals surface area contributed by atoms with Gasteiger partial charge in [0.1, 0.15) is 23.5 Å². The first-order valence-electron chi connectivity index (χ1n) is 8.82. The monoisotopic (exact) mass is 419 g/mol. The van der Waals surface area contributed by atoms with Crippen molar-refractivity contribution in [2.75, 3.05) is 18.0 Å². The first kappa shape index (κ1) is 18.9. The van der Waals surface area contributed by atoms with Crippen LogP contribution >= 0.6 is 23.2 Å². The van der Waals surface area contributed by atoms with Crippen molar-refractivity contribution in [3.05, 3.63) is 52.5 Å². The van der Waals surface area contributed by atoms with Gasteiger partial charge < -0.3 is 10.0 Å². The molecule has 1 N–H and O–H groups in total. The second kappa shape index (κ2) is 7.53. The number of anilines is 1. The zero-order valence-electron chi connectivity index (χ0n) is 14.7. The minimum Gasteiger partial charge on any atom is -0.481 e. The van der Waals surface area contributed by atoms with Crippen molar-refractivity contribution < 1.29 is 14.3 Å². The van der Waals surface area contributed by atoms with Gasteiger partial charge in [-0.05, 0) is 42.2 Å². The number of carbonyl (C=O) groups is 1. The first-order valence-corrected chi connectivity index (χ1v) is 9.57. The smallest absolute Gasteiger partial charge is 0.308 e. The van der Waals surface area contributed by atoms with E-state index in [2.05, 4.69) is 9.97 Å². The molecule has 0 spiro atoms. The van der Waals surface area contributed by atoms with Crippen LogP contribution in [0.25, 0.3) is 22.0 Å². The molecule has 2 heterocycles. The van der Waals surface area contributed by atoms with Crippen LogP contribution in [0.15, 0.2) is 36.7 Å². The van der Waals surface area contributed by atoms with E-state index in [0.29, 0.717) is 46.3 Å². The first-order chi connectivity index (χ1) is 13.5. The van der Waals surface area contributed by atoms with Crippen LogP contribution in [-0.4, -0.2) is 34.1 Å². The molecule has 2 aromatic carbocycles. The van der Waals surface area contributed by atoms with Crippen LogP contribution in [0.5, 0.6) is 0 Å². The number of nitrogens with zero attached hydrogens (tertiary/aromatic N) is 3. The van der Waals surface area contributed by atoms with Gasteiger partial charge in [-0.15, -0.1) is 0 Å². The number of hydrogen-bond donors (Lipinski definition) is 1. The van der Waals surface area contributed by atoms with Crippen LogP contribution < -0.4 is 4.90 Å². The van der Waals surface area contributed by atoms with E-state index in [0.717, 1.165) is 12.0 Å². The summed E-state index contributed by atoms with van der Waals surface area (Å²) in [6, 6.07) is 8.20. The van der Waals surface area contributed by atoms with E-state index >= 15 is 0 Å². The van der Waals surface area contributed by atoms with Gasteiger partial charge in [-0.3, -0.25) is 4.79 Å². The van der Waals surface area contributed by atoms with Crippen LogP contribution in [0.1, 0.15) is 12.8 Å². The molecule has 1 atom stereocenters. The second-order valence-electron chi connectivity index (χ2n) is 6.77. The zero-order valence-corrected chi connectivity index (χ0v) is 16.2. The quantitative estimate of drug-likeness (QED) is 0.643. The fourth-order valence-corrected chi connectivity index (χ4v) is 3.94. The van der Waals surface area contributed by atoms with Crippen molar-refractivity contribution in [2.24, 2.45) is 5.92 Å². The molecule has 5 nitrogen and oxygen atoms in total. The summed E-state index contributed by atoms with van der Waals surface area (Å²) in [5, 5.41) is 10.7. The summed E-state index contributed by atoms with van der Waals surface area (Å²) in [5.41, 5.74) is 1.65. The van der Waals surface area contributed by atoms with E-state index in [-0.39, 0.29) is 5.52 Å².